The fourth-order valence-corrected chi connectivity index (χ4v) is 3.17. The molecule has 1 heterocycles. The van der Waals surface area contributed by atoms with Gasteiger partial charge < -0.3 is 34.3 Å². The number of hydrogen-bond acceptors (Lipinski definition) is 7. The van der Waals surface area contributed by atoms with Crippen molar-refractivity contribution in [3.8, 4) is 11.5 Å². The number of aliphatic hydroxyl groups is 3. The average molecular weight is 390 g/mol. The predicted octanol–water partition coefficient (Wildman–Crippen LogP) is 1.12. The Balaban J connectivity index is 1.76. The molecule has 0 aliphatic carbocycles. The van der Waals surface area contributed by atoms with E-state index in [9.17, 15) is 15.3 Å². The number of ether oxygens (including phenoxy) is 4. The number of para-hydroxylation sites is 1. The van der Waals surface area contributed by atoms with E-state index in [2.05, 4.69) is 0 Å². The van der Waals surface area contributed by atoms with Gasteiger partial charge in [0.15, 0.2) is 0 Å². The second-order valence-corrected chi connectivity index (χ2v) is 6.72. The summed E-state index contributed by atoms with van der Waals surface area (Å²) < 4.78 is 21.7. The van der Waals surface area contributed by atoms with Crippen molar-refractivity contribution in [2.75, 3.05) is 20.8 Å². The zero-order valence-electron chi connectivity index (χ0n) is 15.9. The number of hydrogen-bond donors (Lipinski definition) is 3. The van der Waals surface area contributed by atoms with Gasteiger partial charge in [-0.1, -0.05) is 30.3 Å². The molecule has 7 heteroatoms. The Morgan fingerprint density at radius 3 is 2.29 bits per heavy atom. The first-order valence-corrected chi connectivity index (χ1v) is 9.09. The van der Waals surface area contributed by atoms with Crippen LogP contribution >= 0.6 is 0 Å². The molecule has 1 fully saturated rings. The number of benzene rings is 2. The van der Waals surface area contributed by atoms with Crippen LogP contribution in [-0.2, 0) is 15.9 Å². The highest BCUT2D eigenvalue weighted by molar-refractivity contribution is 5.39. The van der Waals surface area contributed by atoms with Gasteiger partial charge in [0.25, 0.3) is 0 Å². The van der Waals surface area contributed by atoms with E-state index in [1.807, 2.05) is 42.5 Å². The van der Waals surface area contributed by atoms with E-state index in [-0.39, 0.29) is 6.61 Å². The van der Waals surface area contributed by atoms with Gasteiger partial charge in [0.2, 0.25) is 6.29 Å². The first-order chi connectivity index (χ1) is 13.5. The molecule has 3 N–H and O–H groups in total. The Bertz CT molecular complexity index is 749. The predicted molar refractivity (Wildman–Crippen MR) is 101 cm³/mol. The molecule has 1 aliphatic heterocycles. The van der Waals surface area contributed by atoms with Crippen molar-refractivity contribution in [2.45, 2.75) is 37.1 Å². The summed E-state index contributed by atoms with van der Waals surface area (Å²) in [6.07, 6.45) is -5.37. The molecule has 0 spiro atoms. The van der Waals surface area contributed by atoms with Crippen molar-refractivity contribution in [3.63, 3.8) is 0 Å². The summed E-state index contributed by atoms with van der Waals surface area (Å²) in [4.78, 5) is 0. The maximum Gasteiger partial charge on any atom is 0.229 e. The summed E-state index contributed by atoms with van der Waals surface area (Å²) in [6, 6.07) is 15.1. The van der Waals surface area contributed by atoms with Crippen LogP contribution in [0.25, 0.3) is 0 Å². The van der Waals surface area contributed by atoms with Crippen molar-refractivity contribution < 1.29 is 34.3 Å². The van der Waals surface area contributed by atoms with E-state index in [1.54, 1.807) is 13.2 Å². The van der Waals surface area contributed by atoms with Gasteiger partial charge in [-0.3, -0.25) is 0 Å². The van der Waals surface area contributed by atoms with Crippen molar-refractivity contribution in [1.29, 1.82) is 0 Å². The largest absolute Gasteiger partial charge is 0.497 e. The third kappa shape index (κ3) is 4.63. The molecule has 7 nitrogen and oxygen atoms in total. The molecule has 0 radical (unpaired) electrons. The Kier molecular flexibility index (Phi) is 6.88. The summed E-state index contributed by atoms with van der Waals surface area (Å²) >= 11 is 0. The van der Waals surface area contributed by atoms with E-state index in [0.29, 0.717) is 12.2 Å². The molecular weight excluding hydrogens is 364 g/mol. The minimum absolute atomic E-state index is 0.0678. The zero-order chi connectivity index (χ0) is 20.1. The van der Waals surface area contributed by atoms with Gasteiger partial charge in [-0.2, -0.15) is 0 Å². The van der Waals surface area contributed by atoms with E-state index in [4.69, 9.17) is 18.9 Å². The van der Waals surface area contributed by atoms with Crippen LogP contribution < -0.4 is 9.47 Å². The minimum atomic E-state index is -1.40. The highest BCUT2D eigenvalue weighted by atomic mass is 16.7. The summed E-state index contributed by atoms with van der Waals surface area (Å²) in [6.45, 7) is 0.0678. The van der Waals surface area contributed by atoms with Crippen LogP contribution in [0.4, 0.5) is 0 Å². The van der Waals surface area contributed by atoms with Crippen LogP contribution in [0.5, 0.6) is 11.5 Å². The number of rotatable bonds is 7. The van der Waals surface area contributed by atoms with Gasteiger partial charge in [-0.05, 0) is 29.3 Å². The van der Waals surface area contributed by atoms with E-state index < -0.39 is 30.7 Å². The number of aliphatic hydroxyl groups excluding tert-OH is 3. The molecular formula is C21H26O7. The lowest BCUT2D eigenvalue weighted by molar-refractivity contribution is -0.278. The molecule has 152 valence electrons. The van der Waals surface area contributed by atoms with Gasteiger partial charge >= 0.3 is 0 Å². The topological polar surface area (TPSA) is 97.6 Å². The van der Waals surface area contributed by atoms with Crippen molar-refractivity contribution in [3.05, 3.63) is 59.7 Å². The highest BCUT2D eigenvalue weighted by Gasteiger charge is 2.45. The first-order valence-electron chi connectivity index (χ1n) is 9.09. The molecule has 0 bridgehead atoms. The lowest BCUT2D eigenvalue weighted by Gasteiger charge is -2.40. The van der Waals surface area contributed by atoms with Crippen LogP contribution in [-0.4, -0.2) is 66.9 Å². The standard InChI is InChI=1S/C21H26O7/c1-25-12-17-18(22)19(23)20(24)21(28-17)27-16-6-4-3-5-14(16)11-13-7-9-15(26-2)10-8-13/h3-10,17-24H,11-12H2,1-2H3/t17-,18-,19+,20-,21-/m1/s1. The average Bonchev–Trinajstić information content (AvgIpc) is 2.72. The third-order valence-electron chi connectivity index (χ3n) is 4.77. The smallest absolute Gasteiger partial charge is 0.229 e. The fraction of sp³-hybridized carbons (Fsp3) is 0.429. The summed E-state index contributed by atoms with van der Waals surface area (Å²) in [5.41, 5.74) is 1.96. The molecule has 1 aliphatic rings. The molecule has 2 aromatic carbocycles. The molecule has 2 aromatic rings. The Labute approximate surface area is 164 Å². The van der Waals surface area contributed by atoms with Gasteiger partial charge in [-0.25, -0.2) is 0 Å². The second-order valence-electron chi connectivity index (χ2n) is 6.72. The zero-order valence-corrected chi connectivity index (χ0v) is 15.9. The highest BCUT2D eigenvalue weighted by Crippen LogP contribution is 2.28. The number of methoxy groups -OCH3 is 2. The molecule has 0 unspecified atom stereocenters. The molecule has 0 amide bonds. The lowest BCUT2D eigenvalue weighted by Crippen LogP contribution is -2.60. The van der Waals surface area contributed by atoms with Crippen LogP contribution in [0.1, 0.15) is 11.1 Å². The lowest BCUT2D eigenvalue weighted by atomic mass is 9.99. The molecule has 0 saturated carbocycles. The maximum atomic E-state index is 10.3. The maximum absolute atomic E-state index is 10.3. The summed E-state index contributed by atoms with van der Waals surface area (Å²) in [5, 5.41) is 30.4. The van der Waals surface area contributed by atoms with Gasteiger partial charge in [0, 0.05) is 13.5 Å². The van der Waals surface area contributed by atoms with Crippen LogP contribution in [0.15, 0.2) is 48.5 Å². The minimum Gasteiger partial charge on any atom is -0.497 e. The van der Waals surface area contributed by atoms with Crippen molar-refractivity contribution in [2.24, 2.45) is 0 Å². The van der Waals surface area contributed by atoms with E-state index in [0.717, 1.165) is 16.9 Å². The Hall–Kier alpha value is -2.16. The molecule has 5 atom stereocenters. The SMILES string of the molecule is COC[C@H]1O[C@@H](Oc2ccccc2Cc2ccc(OC)cc2)[C@H](O)[C@@H](O)[C@@H]1O. The van der Waals surface area contributed by atoms with Gasteiger partial charge in [0.1, 0.15) is 35.9 Å². The molecule has 1 saturated heterocycles. The third-order valence-corrected chi connectivity index (χ3v) is 4.77. The second kappa shape index (κ2) is 9.36. The van der Waals surface area contributed by atoms with E-state index in [1.165, 1.54) is 7.11 Å². The van der Waals surface area contributed by atoms with Crippen LogP contribution in [0, 0.1) is 0 Å². The van der Waals surface area contributed by atoms with Crippen molar-refractivity contribution >= 4 is 0 Å². The Morgan fingerprint density at radius 1 is 0.893 bits per heavy atom. The van der Waals surface area contributed by atoms with Crippen LogP contribution in [0.2, 0.25) is 0 Å². The molecule has 0 aromatic heterocycles. The quantitative estimate of drug-likeness (QED) is 0.652. The summed E-state index contributed by atoms with van der Waals surface area (Å²) in [7, 11) is 3.09. The normalized spacial score (nSPS) is 27.4. The molecule has 3 rings (SSSR count). The van der Waals surface area contributed by atoms with Gasteiger partial charge in [-0.15, -0.1) is 0 Å². The van der Waals surface area contributed by atoms with E-state index >= 15 is 0 Å². The summed E-state index contributed by atoms with van der Waals surface area (Å²) in [5.74, 6) is 1.31. The van der Waals surface area contributed by atoms with Crippen molar-refractivity contribution in [1.82, 2.24) is 0 Å². The fourth-order valence-electron chi connectivity index (χ4n) is 3.17. The van der Waals surface area contributed by atoms with Gasteiger partial charge in [0.05, 0.1) is 13.7 Å². The monoisotopic (exact) mass is 390 g/mol. The Morgan fingerprint density at radius 2 is 1.61 bits per heavy atom. The van der Waals surface area contributed by atoms with Crippen LogP contribution in [0.3, 0.4) is 0 Å². The first kappa shape index (κ1) is 20.6. The molecule has 28 heavy (non-hydrogen) atoms.